The molecule has 0 saturated carbocycles. The molecule has 1 heterocycles. The third-order valence-corrected chi connectivity index (χ3v) is 6.60. The van der Waals surface area contributed by atoms with Gasteiger partial charge in [-0.05, 0) is 56.5 Å². The molecule has 0 spiro atoms. The maximum absolute atomic E-state index is 14.3. The standard InChI is InChI=1S/C28H31NO2/c1-27(2,22-18-20-29-21-19-22)31-26(30)28(23-12-6-3-7-13-23,24-14-8-4-9-15-24)25-16-10-5-11-17-25/h3-17,22,29H,18-21H2,1-2H3. The van der Waals surface area contributed by atoms with Crippen molar-refractivity contribution in [3.05, 3.63) is 108 Å². The van der Waals surface area contributed by atoms with E-state index in [1.807, 2.05) is 91.0 Å². The van der Waals surface area contributed by atoms with E-state index in [-0.39, 0.29) is 5.97 Å². The maximum Gasteiger partial charge on any atom is 0.326 e. The first-order valence-corrected chi connectivity index (χ1v) is 11.2. The zero-order chi connectivity index (χ0) is 21.7. The van der Waals surface area contributed by atoms with E-state index in [1.54, 1.807) is 0 Å². The van der Waals surface area contributed by atoms with Gasteiger partial charge in [-0.15, -0.1) is 0 Å². The first-order chi connectivity index (χ1) is 15.0. The van der Waals surface area contributed by atoms with E-state index in [1.165, 1.54) is 0 Å². The van der Waals surface area contributed by atoms with Crippen molar-refractivity contribution in [1.29, 1.82) is 0 Å². The molecule has 3 heteroatoms. The van der Waals surface area contributed by atoms with Gasteiger partial charge in [0, 0.05) is 5.92 Å². The molecular formula is C28H31NO2. The number of rotatable bonds is 6. The molecule has 0 atom stereocenters. The first kappa shape index (κ1) is 21.3. The fourth-order valence-electron chi connectivity index (χ4n) is 4.83. The fourth-order valence-corrected chi connectivity index (χ4v) is 4.83. The Kier molecular flexibility index (Phi) is 6.24. The Morgan fingerprint density at radius 3 is 1.52 bits per heavy atom. The van der Waals surface area contributed by atoms with Crippen LogP contribution < -0.4 is 5.32 Å². The molecule has 1 saturated heterocycles. The van der Waals surface area contributed by atoms with Crippen LogP contribution in [0.5, 0.6) is 0 Å². The molecule has 0 radical (unpaired) electrons. The van der Waals surface area contributed by atoms with Crippen LogP contribution in [0.15, 0.2) is 91.0 Å². The minimum Gasteiger partial charge on any atom is -0.458 e. The van der Waals surface area contributed by atoms with Crippen molar-refractivity contribution in [2.75, 3.05) is 13.1 Å². The number of hydrogen-bond donors (Lipinski definition) is 1. The molecule has 31 heavy (non-hydrogen) atoms. The zero-order valence-electron chi connectivity index (χ0n) is 18.4. The molecule has 0 aliphatic carbocycles. The van der Waals surface area contributed by atoms with Crippen molar-refractivity contribution in [3.63, 3.8) is 0 Å². The van der Waals surface area contributed by atoms with E-state index in [4.69, 9.17) is 4.74 Å². The molecule has 160 valence electrons. The molecule has 0 unspecified atom stereocenters. The molecule has 3 aromatic carbocycles. The van der Waals surface area contributed by atoms with Gasteiger partial charge in [0.2, 0.25) is 0 Å². The molecule has 0 aromatic heterocycles. The largest absolute Gasteiger partial charge is 0.458 e. The monoisotopic (exact) mass is 413 g/mol. The van der Waals surface area contributed by atoms with Gasteiger partial charge in [0.05, 0.1) is 0 Å². The van der Waals surface area contributed by atoms with Crippen LogP contribution in [0, 0.1) is 5.92 Å². The number of carbonyl (C=O) groups is 1. The summed E-state index contributed by atoms with van der Waals surface area (Å²) < 4.78 is 6.44. The lowest BCUT2D eigenvalue weighted by Gasteiger charge is -2.41. The van der Waals surface area contributed by atoms with Gasteiger partial charge >= 0.3 is 5.97 Å². The Hall–Kier alpha value is -2.91. The predicted molar refractivity (Wildman–Crippen MR) is 125 cm³/mol. The summed E-state index contributed by atoms with van der Waals surface area (Å²) in [5, 5.41) is 3.41. The number of benzene rings is 3. The van der Waals surface area contributed by atoms with E-state index in [0.717, 1.165) is 42.6 Å². The van der Waals surface area contributed by atoms with Crippen molar-refractivity contribution in [1.82, 2.24) is 5.32 Å². The van der Waals surface area contributed by atoms with Crippen LogP contribution in [0.2, 0.25) is 0 Å². The molecule has 1 fully saturated rings. The lowest BCUT2D eigenvalue weighted by Crippen LogP contribution is -2.48. The average molecular weight is 414 g/mol. The van der Waals surface area contributed by atoms with Gasteiger partial charge in [-0.25, -0.2) is 0 Å². The lowest BCUT2D eigenvalue weighted by atomic mass is 9.69. The number of esters is 1. The van der Waals surface area contributed by atoms with Crippen LogP contribution in [0.4, 0.5) is 0 Å². The third kappa shape index (κ3) is 4.15. The first-order valence-electron chi connectivity index (χ1n) is 11.2. The summed E-state index contributed by atoms with van der Waals surface area (Å²) >= 11 is 0. The van der Waals surface area contributed by atoms with Crippen LogP contribution >= 0.6 is 0 Å². The van der Waals surface area contributed by atoms with E-state index >= 15 is 0 Å². The number of piperidine rings is 1. The minimum absolute atomic E-state index is 0.223. The van der Waals surface area contributed by atoms with Crippen molar-refractivity contribution in [2.45, 2.75) is 37.7 Å². The molecule has 4 rings (SSSR count). The SMILES string of the molecule is CC(C)(OC(=O)C(c1ccccc1)(c1ccccc1)c1ccccc1)C1CCNCC1. The van der Waals surface area contributed by atoms with Crippen LogP contribution in [0.1, 0.15) is 43.4 Å². The van der Waals surface area contributed by atoms with Crippen LogP contribution in [0.3, 0.4) is 0 Å². The molecule has 1 N–H and O–H groups in total. The lowest BCUT2D eigenvalue weighted by molar-refractivity contribution is -0.166. The summed E-state index contributed by atoms with van der Waals surface area (Å²) in [6.45, 7) is 6.05. The van der Waals surface area contributed by atoms with Gasteiger partial charge in [-0.3, -0.25) is 4.79 Å². The number of carbonyl (C=O) groups excluding carboxylic acids is 1. The second-order valence-corrected chi connectivity index (χ2v) is 8.87. The van der Waals surface area contributed by atoms with Crippen molar-refractivity contribution >= 4 is 5.97 Å². The van der Waals surface area contributed by atoms with Gasteiger partial charge in [0.25, 0.3) is 0 Å². The summed E-state index contributed by atoms with van der Waals surface area (Å²) in [6.07, 6.45) is 2.02. The quantitative estimate of drug-likeness (QED) is 0.438. The normalized spacial score (nSPS) is 15.4. The molecule has 0 amide bonds. The third-order valence-electron chi connectivity index (χ3n) is 6.60. The minimum atomic E-state index is -1.03. The predicted octanol–water partition coefficient (Wildman–Crippen LogP) is 5.34. The smallest absolute Gasteiger partial charge is 0.326 e. The molecular weight excluding hydrogens is 382 g/mol. The van der Waals surface area contributed by atoms with Gasteiger partial charge in [0.1, 0.15) is 11.0 Å². The number of ether oxygens (including phenoxy) is 1. The highest BCUT2D eigenvalue weighted by Gasteiger charge is 2.48. The Morgan fingerprint density at radius 1 is 0.742 bits per heavy atom. The number of nitrogens with one attached hydrogen (secondary N) is 1. The summed E-state index contributed by atoms with van der Waals surface area (Å²) in [5.74, 6) is 0.109. The van der Waals surface area contributed by atoms with Crippen molar-refractivity contribution < 1.29 is 9.53 Å². The van der Waals surface area contributed by atoms with E-state index in [9.17, 15) is 4.79 Å². The van der Waals surface area contributed by atoms with Crippen molar-refractivity contribution in [3.8, 4) is 0 Å². The highest BCUT2D eigenvalue weighted by Crippen LogP contribution is 2.42. The van der Waals surface area contributed by atoms with E-state index in [2.05, 4.69) is 19.2 Å². The Balaban J connectivity index is 1.86. The number of hydrogen-bond acceptors (Lipinski definition) is 3. The zero-order valence-corrected chi connectivity index (χ0v) is 18.4. The fraction of sp³-hybridized carbons (Fsp3) is 0.321. The second-order valence-electron chi connectivity index (χ2n) is 8.87. The van der Waals surface area contributed by atoms with Crippen molar-refractivity contribution in [2.24, 2.45) is 5.92 Å². The van der Waals surface area contributed by atoms with Crippen LogP contribution in [-0.4, -0.2) is 24.7 Å². The van der Waals surface area contributed by atoms with E-state index < -0.39 is 11.0 Å². The molecule has 3 aromatic rings. The molecule has 0 bridgehead atoms. The highest BCUT2D eigenvalue weighted by molar-refractivity contribution is 5.92. The Morgan fingerprint density at radius 2 is 1.13 bits per heavy atom. The molecule has 3 nitrogen and oxygen atoms in total. The highest BCUT2D eigenvalue weighted by atomic mass is 16.6. The van der Waals surface area contributed by atoms with Gasteiger partial charge in [-0.1, -0.05) is 91.0 Å². The van der Waals surface area contributed by atoms with E-state index in [0.29, 0.717) is 5.92 Å². The molecule has 1 aliphatic rings. The topological polar surface area (TPSA) is 38.3 Å². The van der Waals surface area contributed by atoms with Gasteiger partial charge < -0.3 is 10.1 Å². The van der Waals surface area contributed by atoms with Gasteiger partial charge in [0.15, 0.2) is 0 Å². The second kappa shape index (κ2) is 9.07. The average Bonchev–Trinajstić information content (AvgIpc) is 2.82. The van der Waals surface area contributed by atoms with Crippen LogP contribution in [-0.2, 0) is 14.9 Å². The Bertz CT molecular complexity index is 881. The summed E-state index contributed by atoms with van der Waals surface area (Å²) in [6, 6.07) is 30.0. The van der Waals surface area contributed by atoms with Gasteiger partial charge in [-0.2, -0.15) is 0 Å². The molecule has 1 aliphatic heterocycles. The summed E-state index contributed by atoms with van der Waals surface area (Å²) in [4.78, 5) is 14.3. The summed E-state index contributed by atoms with van der Waals surface area (Å²) in [7, 11) is 0. The van der Waals surface area contributed by atoms with Crippen LogP contribution in [0.25, 0.3) is 0 Å². The summed E-state index contributed by atoms with van der Waals surface area (Å²) in [5.41, 5.74) is 1.16. The Labute approximate surface area is 185 Å². The maximum atomic E-state index is 14.3.